The van der Waals surface area contributed by atoms with Gasteiger partial charge in [-0.05, 0) is 12.8 Å². The first kappa shape index (κ1) is 14.9. The minimum atomic E-state index is -1.14. The summed E-state index contributed by atoms with van der Waals surface area (Å²) in [7, 11) is 0. The van der Waals surface area contributed by atoms with Gasteiger partial charge in [0.25, 0.3) is 0 Å². The average Bonchev–Trinajstić information content (AvgIpc) is 2.76. The predicted molar refractivity (Wildman–Crippen MR) is 65.3 cm³/mol. The van der Waals surface area contributed by atoms with Crippen LogP contribution in [0.4, 0.5) is 0 Å². The summed E-state index contributed by atoms with van der Waals surface area (Å²) in [6.07, 6.45) is 0.885. The smallest absolute Gasteiger partial charge is 0.243 e. The monoisotopic (exact) mass is 270 g/mol. The van der Waals surface area contributed by atoms with Crippen molar-refractivity contribution in [2.24, 2.45) is 11.5 Å². The molecule has 5 N–H and O–H groups in total. The van der Waals surface area contributed by atoms with Gasteiger partial charge >= 0.3 is 0 Å². The third-order valence-electron chi connectivity index (χ3n) is 3.03. The third kappa shape index (κ3) is 3.94. The first-order valence-corrected chi connectivity index (χ1v) is 5.98. The zero-order valence-corrected chi connectivity index (χ0v) is 10.7. The molecular weight excluding hydrogens is 252 g/mol. The van der Waals surface area contributed by atoms with Crippen LogP contribution in [-0.4, -0.2) is 47.2 Å². The Kier molecular flexibility index (Phi) is 4.85. The van der Waals surface area contributed by atoms with Gasteiger partial charge < -0.3 is 21.7 Å². The van der Waals surface area contributed by atoms with E-state index in [0.717, 1.165) is 0 Å². The maximum Gasteiger partial charge on any atom is 0.243 e. The van der Waals surface area contributed by atoms with E-state index in [1.54, 1.807) is 0 Å². The molecule has 2 atom stereocenters. The highest BCUT2D eigenvalue weighted by Crippen LogP contribution is 2.17. The number of nitrogens with one attached hydrogen (secondary N) is 1. The van der Waals surface area contributed by atoms with Gasteiger partial charge in [0, 0.05) is 13.5 Å². The molecule has 1 aliphatic heterocycles. The first-order valence-electron chi connectivity index (χ1n) is 5.98. The molecule has 1 fully saturated rings. The van der Waals surface area contributed by atoms with Gasteiger partial charge in [-0.3, -0.25) is 19.2 Å². The molecule has 0 aromatic heterocycles. The number of nitrogens with zero attached hydrogens (tertiary/aromatic N) is 1. The lowest BCUT2D eigenvalue weighted by Gasteiger charge is -2.24. The van der Waals surface area contributed by atoms with Gasteiger partial charge in [-0.2, -0.15) is 0 Å². The highest BCUT2D eigenvalue weighted by atomic mass is 16.2. The van der Waals surface area contributed by atoms with Crippen LogP contribution in [0.1, 0.15) is 26.2 Å². The van der Waals surface area contributed by atoms with E-state index in [1.165, 1.54) is 11.8 Å². The normalized spacial score (nSPS) is 19.8. The van der Waals surface area contributed by atoms with Crippen LogP contribution in [0.5, 0.6) is 0 Å². The van der Waals surface area contributed by atoms with Gasteiger partial charge in [0.1, 0.15) is 12.1 Å². The molecule has 1 rings (SSSR count). The summed E-state index contributed by atoms with van der Waals surface area (Å²) in [6, 6.07) is -1.76. The molecule has 8 nitrogen and oxygen atoms in total. The van der Waals surface area contributed by atoms with E-state index < -0.39 is 29.8 Å². The number of carbonyl (C=O) groups excluding carboxylic acids is 4. The molecular formula is C11H18N4O4. The fraction of sp³-hybridized carbons (Fsp3) is 0.636. The summed E-state index contributed by atoms with van der Waals surface area (Å²) < 4.78 is 0. The van der Waals surface area contributed by atoms with Crippen LogP contribution in [0, 0.1) is 0 Å². The summed E-state index contributed by atoms with van der Waals surface area (Å²) in [4.78, 5) is 46.7. The van der Waals surface area contributed by atoms with Crippen molar-refractivity contribution in [3.05, 3.63) is 0 Å². The van der Waals surface area contributed by atoms with Crippen molar-refractivity contribution in [3.63, 3.8) is 0 Å². The number of hydrogen-bond donors (Lipinski definition) is 3. The molecule has 0 spiro atoms. The second-order valence-corrected chi connectivity index (χ2v) is 4.50. The number of rotatable bonds is 5. The van der Waals surface area contributed by atoms with Crippen LogP contribution in [0.25, 0.3) is 0 Å². The van der Waals surface area contributed by atoms with Gasteiger partial charge in [-0.1, -0.05) is 0 Å². The van der Waals surface area contributed by atoms with Crippen LogP contribution in [0.3, 0.4) is 0 Å². The summed E-state index contributed by atoms with van der Waals surface area (Å²) in [6.45, 7) is 1.88. The number of hydrogen-bond acceptors (Lipinski definition) is 4. The van der Waals surface area contributed by atoms with Gasteiger partial charge in [0.15, 0.2) is 0 Å². The summed E-state index contributed by atoms with van der Waals surface area (Å²) in [5, 5.41) is 2.37. The number of carbonyl (C=O) groups is 4. The van der Waals surface area contributed by atoms with Crippen molar-refractivity contribution in [2.45, 2.75) is 38.3 Å². The molecule has 19 heavy (non-hydrogen) atoms. The van der Waals surface area contributed by atoms with Crippen molar-refractivity contribution in [1.82, 2.24) is 10.2 Å². The molecule has 106 valence electrons. The highest BCUT2D eigenvalue weighted by molar-refractivity contribution is 5.93. The van der Waals surface area contributed by atoms with E-state index in [9.17, 15) is 19.2 Å². The molecule has 0 bridgehead atoms. The predicted octanol–water partition coefficient (Wildman–Crippen LogP) is -2.16. The third-order valence-corrected chi connectivity index (χ3v) is 3.03. The summed E-state index contributed by atoms with van der Waals surface area (Å²) in [5.41, 5.74) is 10.1. The molecule has 1 saturated heterocycles. The van der Waals surface area contributed by atoms with E-state index in [2.05, 4.69) is 5.32 Å². The lowest BCUT2D eigenvalue weighted by atomic mass is 10.1. The van der Waals surface area contributed by atoms with Crippen molar-refractivity contribution >= 4 is 23.6 Å². The van der Waals surface area contributed by atoms with Crippen LogP contribution in [-0.2, 0) is 19.2 Å². The lowest BCUT2D eigenvalue weighted by molar-refractivity contribution is -0.138. The van der Waals surface area contributed by atoms with Crippen molar-refractivity contribution in [3.8, 4) is 0 Å². The Morgan fingerprint density at radius 3 is 2.42 bits per heavy atom. The SMILES string of the molecule is CC(=O)N1CCCC1C(=O)NC(CC(N)=O)C(N)=O. The quantitative estimate of drug-likeness (QED) is 0.524. The Labute approximate surface area is 110 Å². The number of nitrogens with two attached hydrogens (primary N) is 2. The van der Waals surface area contributed by atoms with Crippen molar-refractivity contribution in [2.75, 3.05) is 6.54 Å². The maximum atomic E-state index is 12.0. The van der Waals surface area contributed by atoms with Crippen molar-refractivity contribution < 1.29 is 19.2 Å². The Balaban J connectivity index is 2.68. The molecule has 0 aromatic rings. The summed E-state index contributed by atoms with van der Waals surface area (Å²) in [5.74, 6) is -2.26. The van der Waals surface area contributed by atoms with E-state index in [1.807, 2.05) is 0 Å². The van der Waals surface area contributed by atoms with Crippen LogP contribution in [0.2, 0.25) is 0 Å². The molecule has 1 heterocycles. The zero-order chi connectivity index (χ0) is 14.6. The topological polar surface area (TPSA) is 136 Å². The first-order chi connectivity index (χ1) is 8.82. The minimum absolute atomic E-state index is 0.205. The highest BCUT2D eigenvalue weighted by Gasteiger charge is 2.34. The Morgan fingerprint density at radius 2 is 1.95 bits per heavy atom. The zero-order valence-electron chi connectivity index (χ0n) is 10.7. The average molecular weight is 270 g/mol. The molecule has 1 aliphatic rings. The van der Waals surface area contributed by atoms with E-state index in [-0.39, 0.29) is 12.3 Å². The standard InChI is InChI=1S/C11H18N4O4/c1-6(16)15-4-2-3-8(15)11(19)14-7(10(13)18)5-9(12)17/h7-8H,2-5H2,1H3,(H2,12,17)(H2,13,18)(H,14,19). The molecule has 8 heteroatoms. The maximum absolute atomic E-state index is 12.0. The van der Waals surface area contributed by atoms with E-state index >= 15 is 0 Å². The summed E-state index contributed by atoms with van der Waals surface area (Å²) >= 11 is 0. The Morgan fingerprint density at radius 1 is 1.32 bits per heavy atom. The Hall–Kier alpha value is -2.12. The molecule has 2 unspecified atom stereocenters. The number of amides is 4. The van der Waals surface area contributed by atoms with Gasteiger partial charge in [0.05, 0.1) is 6.42 Å². The van der Waals surface area contributed by atoms with E-state index in [4.69, 9.17) is 11.5 Å². The van der Waals surface area contributed by atoms with Gasteiger partial charge in [-0.25, -0.2) is 0 Å². The van der Waals surface area contributed by atoms with Crippen LogP contribution in [0.15, 0.2) is 0 Å². The fourth-order valence-electron chi connectivity index (χ4n) is 2.11. The molecule has 0 radical (unpaired) electrons. The molecule has 0 aromatic carbocycles. The van der Waals surface area contributed by atoms with Gasteiger partial charge in [0.2, 0.25) is 23.6 Å². The minimum Gasteiger partial charge on any atom is -0.370 e. The fourth-order valence-corrected chi connectivity index (χ4v) is 2.11. The van der Waals surface area contributed by atoms with Crippen LogP contribution < -0.4 is 16.8 Å². The Bertz CT molecular complexity index is 409. The second-order valence-electron chi connectivity index (χ2n) is 4.50. The van der Waals surface area contributed by atoms with Gasteiger partial charge in [-0.15, -0.1) is 0 Å². The molecule has 0 aliphatic carbocycles. The lowest BCUT2D eigenvalue weighted by Crippen LogP contribution is -2.52. The molecule has 4 amide bonds. The van der Waals surface area contributed by atoms with Crippen LogP contribution >= 0.6 is 0 Å². The molecule has 0 saturated carbocycles. The number of likely N-dealkylation sites (tertiary alicyclic amines) is 1. The van der Waals surface area contributed by atoms with Crippen molar-refractivity contribution in [1.29, 1.82) is 0 Å². The second kappa shape index (κ2) is 6.17. The largest absolute Gasteiger partial charge is 0.370 e. The van der Waals surface area contributed by atoms with E-state index in [0.29, 0.717) is 19.4 Å². The number of primary amides is 2.